The number of ether oxygens (including phenoxy) is 1. The third-order valence-electron chi connectivity index (χ3n) is 3.19. The quantitative estimate of drug-likeness (QED) is 0.635. The second-order valence-corrected chi connectivity index (χ2v) is 4.53. The van der Waals surface area contributed by atoms with E-state index < -0.39 is 29.1 Å². The number of halogens is 4. The van der Waals surface area contributed by atoms with Crippen LogP contribution >= 0.6 is 0 Å². The van der Waals surface area contributed by atoms with E-state index in [4.69, 9.17) is 4.74 Å². The van der Waals surface area contributed by atoms with E-state index in [1.165, 1.54) is 13.0 Å². The molecule has 1 aromatic rings. The zero-order chi connectivity index (χ0) is 13.0. The lowest BCUT2D eigenvalue weighted by atomic mass is 9.85. The van der Waals surface area contributed by atoms with Crippen molar-refractivity contribution in [2.75, 3.05) is 0 Å². The summed E-state index contributed by atoms with van der Waals surface area (Å²) in [6.07, 6.45) is -1.34. The van der Waals surface area contributed by atoms with Crippen molar-refractivity contribution in [3.8, 4) is 5.75 Å². The Morgan fingerprint density at radius 1 is 1.24 bits per heavy atom. The molecule has 94 valence electrons. The highest BCUT2D eigenvalue weighted by molar-refractivity contribution is 5.45. The Kier molecular flexibility index (Phi) is 2.42. The SMILES string of the molecule is Cc1cc(F)c2c(c1)OC(C)C(C)(F)C2(F)F. The van der Waals surface area contributed by atoms with Crippen LogP contribution in [0.4, 0.5) is 17.6 Å². The van der Waals surface area contributed by atoms with Gasteiger partial charge in [0.25, 0.3) is 0 Å². The van der Waals surface area contributed by atoms with Gasteiger partial charge < -0.3 is 4.74 Å². The molecule has 1 aromatic carbocycles. The van der Waals surface area contributed by atoms with Crippen LogP contribution in [0, 0.1) is 12.7 Å². The first kappa shape index (κ1) is 12.2. The summed E-state index contributed by atoms with van der Waals surface area (Å²) in [5.74, 6) is -5.33. The molecule has 0 N–H and O–H groups in total. The van der Waals surface area contributed by atoms with Crippen LogP contribution < -0.4 is 4.74 Å². The monoisotopic (exact) mass is 248 g/mol. The molecular formula is C12H12F4O. The van der Waals surface area contributed by atoms with Crippen molar-refractivity contribution < 1.29 is 22.3 Å². The second-order valence-electron chi connectivity index (χ2n) is 4.53. The summed E-state index contributed by atoms with van der Waals surface area (Å²) in [4.78, 5) is 0. The Labute approximate surface area is 96.4 Å². The van der Waals surface area contributed by atoms with Gasteiger partial charge in [-0.25, -0.2) is 8.78 Å². The van der Waals surface area contributed by atoms with Gasteiger partial charge in [0, 0.05) is 0 Å². The predicted octanol–water partition coefficient (Wildman–Crippen LogP) is 3.74. The zero-order valence-electron chi connectivity index (χ0n) is 9.65. The van der Waals surface area contributed by atoms with Crippen molar-refractivity contribution in [2.24, 2.45) is 0 Å². The van der Waals surface area contributed by atoms with Crippen LogP contribution in [0.1, 0.15) is 25.0 Å². The van der Waals surface area contributed by atoms with Crippen molar-refractivity contribution in [3.63, 3.8) is 0 Å². The van der Waals surface area contributed by atoms with Gasteiger partial charge in [0.15, 0.2) is 0 Å². The average molecular weight is 248 g/mol. The van der Waals surface area contributed by atoms with Crippen molar-refractivity contribution in [2.45, 2.75) is 38.5 Å². The largest absolute Gasteiger partial charge is 0.486 e. The highest BCUT2D eigenvalue weighted by atomic mass is 19.3. The molecule has 0 saturated heterocycles. The number of rotatable bonds is 0. The van der Waals surface area contributed by atoms with Gasteiger partial charge in [-0.15, -0.1) is 0 Å². The van der Waals surface area contributed by atoms with Crippen molar-refractivity contribution in [3.05, 3.63) is 29.1 Å². The maximum Gasteiger partial charge on any atom is 0.316 e. The molecular weight excluding hydrogens is 236 g/mol. The summed E-state index contributed by atoms with van der Waals surface area (Å²) >= 11 is 0. The number of alkyl halides is 3. The fourth-order valence-corrected chi connectivity index (χ4v) is 1.91. The third-order valence-corrected chi connectivity index (χ3v) is 3.19. The van der Waals surface area contributed by atoms with Crippen molar-refractivity contribution in [1.82, 2.24) is 0 Å². The molecule has 1 aliphatic rings. The van der Waals surface area contributed by atoms with E-state index in [0.29, 0.717) is 5.56 Å². The van der Waals surface area contributed by atoms with Gasteiger partial charge in [0.05, 0.1) is 0 Å². The molecule has 17 heavy (non-hydrogen) atoms. The number of benzene rings is 1. The molecule has 1 nitrogen and oxygen atoms in total. The standard InChI is InChI=1S/C12H12F4O/c1-6-4-8(13)10-9(5-6)17-7(2)11(3,14)12(10,15)16/h4-5,7H,1-3H3. The molecule has 0 spiro atoms. The Bertz CT molecular complexity index is 468. The lowest BCUT2D eigenvalue weighted by Gasteiger charge is -2.40. The molecule has 1 aliphatic heterocycles. The lowest BCUT2D eigenvalue weighted by molar-refractivity contribution is -0.190. The summed E-state index contributed by atoms with van der Waals surface area (Å²) in [6.45, 7) is 3.48. The summed E-state index contributed by atoms with van der Waals surface area (Å²) in [6, 6.07) is 2.24. The van der Waals surface area contributed by atoms with Crippen molar-refractivity contribution in [1.29, 1.82) is 0 Å². The molecule has 0 aromatic heterocycles. The van der Waals surface area contributed by atoms with E-state index in [-0.39, 0.29) is 5.75 Å². The van der Waals surface area contributed by atoms with Gasteiger partial charge in [-0.1, -0.05) is 0 Å². The Balaban J connectivity index is 2.71. The molecule has 0 amide bonds. The van der Waals surface area contributed by atoms with E-state index in [9.17, 15) is 17.6 Å². The molecule has 0 aliphatic carbocycles. The minimum Gasteiger partial charge on any atom is -0.486 e. The van der Waals surface area contributed by atoms with Crippen LogP contribution in [0.2, 0.25) is 0 Å². The van der Waals surface area contributed by atoms with Crippen LogP contribution in [0.5, 0.6) is 5.75 Å². The molecule has 0 radical (unpaired) electrons. The number of aryl methyl sites for hydroxylation is 1. The third kappa shape index (κ3) is 1.51. The highest BCUT2D eigenvalue weighted by Crippen LogP contribution is 2.52. The topological polar surface area (TPSA) is 9.23 Å². The number of hydrogen-bond donors (Lipinski definition) is 0. The van der Waals surface area contributed by atoms with E-state index in [0.717, 1.165) is 13.0 Å². The zero-order valence-corrected chi connectivity index (χ0v) is 9.65. The van der Waals surface area contributed by atoms with Crippen LogP contribution in [0.25, 0.3) is 0 Å². The summed E-state index contributed by atoms with van der Waals surface area (Å²) in [5, 5.41) is 0. The molecule has 2 unspecified atom stereocenters. The van der Waals surface area contributed by atoms with Crippen LogP contribution in [0.15, 0.2) is 12.1 Å². The van der Waals surface area contributed by atoms with Gasteiger partial charge in [-0.05, 0) is 38.5 Å². The van der Waals surface area contributed by atoms with Crippen LogP contribution in [-0.2, 0) is 5.92 Å². The fourth-order valence-electron chi connectivity index (χ4n) is 1.91. The average Bonchev–Trinajstić information content (AvgIpc) is 2.13. The van der Waals surface area contributed by atoms with E-state index in [1.807, 2.05) is 0 Å². The molecule has 0 fully saturated rings. The minimum atomic E-state index is -3.90. The first-order valence-electron chi connectivity index (χ1n) is 5.22. The number of fused-ring (bicyclic) bond motifs is 1. The highest BCUT2D eigenvalue weighted by Gasteiger charge is 2.62. The first-order valence-corrected chi connectivity index (χ1v) is 5.22. The van der Waals surface area contributed by atoms with E-state index in [2.05, 4.69) is 0 Å². The maximum atomic E-state index is 14.0. The molecule has 0 bridgehead atoms. The summed E-state index contributed by atoms with van der Waals surface area (Å²) in [7, 11) is 0. The van der Waals surface area contributed by atoms with Crippen LogP contribution in [-0.4, -0.2) is 11.8 Å². The molecule has 2 atom stereocenters. The van der Waals surface area contributed by atoms with Gasteiger partial charge in [0.1, 0.15) is 23.2 Å². The maximum absolute atomic E-state index is 14.0. The van der Waals surface area contributed by atoms with Crippen molar-refractivity contribution >= 4 is 0 Å². The minimum absolute atomic E-state index is 0.282. The smallest absolute Gasteiger partial charge is 0.316 e. The van der Waals surface area contributed by atoms with E-state index >= 15 is 0 Å². The van der Waals surface area contributed by atoms with Crippen LogP contribution in [0.3, 0.4) is 0 Å². The molecule has 1 heterocycles. The number of hydrogen-bond acceptors (Lipinski definition) is 1. The van der Waals surface area contributed by atoms with Gasteiger partial charge in [-0.3, -0.25) is 0 Å². The second kappa shape index (κ2) is 3.37. The molecule has 0 saturated carbocycles. The normalized spacial score (nSPS) is 30.6. The first-order chi connectivity index (χ1) is 7.68. The Morgan fingerprint density at radius 3 is 2.41 bits per heavy atom. The predicted molar refractivity (Wildman–Crippen MR) is 54.6 cm³/mol. The molecule has 2 rings (SSSR count). The van der Waals surface area contributed by atoms with Gasteiger partial charge in [-0.2, -0.15) is 8.78 Å². The summed E-state index contributed by atoms with van der Waals surface area (Å²) < 4.78 is 60.4. The Hall–Kier alpha value is -1.26. The summed E-state index contributed by atoms with van der Waals surface area (Å²) in [5.41, 5.74) is -3.48. The van der Waals surface area contributed by atoms with Gasteiger partial charge in [0.2, 0.25) is 5.67 Å². The molecule has 5 heteroatoms. The fraction of sp³-hybridized carbons (Fsp3) is 0.500. The van der Waals surface area contributed by atoms with Gasteiger partial charge >= 0.3 is 5.92 Å². The Morgan fingerprint density at radius 2 is 1.82 bits per heavy atom. The lowest BCUT2D eigenvalue weighted by Crippen LogP contribution is -2.53. The van der Waals surface area contributed by atoms with E-state index in [1.54, 1.807) is 6.92 Å².